The summed E-state index contributed by atoms with van der Waals surface area (Å²) in [6.45, 7) is 1.79. The fourth-order valence-electron chi connectivity index (χ4n) is 3.11. The van der Waals surface area contributed by atoms with Gasteiger partial charge in [-0.25, -0.2) is 4.68 Å². The van der Waals surface area contributed by atoms with Crippen LogP contribution in [0.5, 0.6) is 0 Å². The van der Waals surface area contributed by atoms with Gasteiger partial charge < -0.3 is 9.84 Å². The van der Waals surface area contributed by atoms with E-state index in [1.54, 1.807) is 25.4 Å². The van der Waals surface area contributed by atoms with Gasteiger partial charge in [0.2, 0.25) is 5.76 Å². The third-order valence-electron chi connectivity index (χ3n) is 4.25. The van der Waals surface area contributed by atoms with Gasteiger partial charge in [-0.1, -0.05) is 5.16 Å². The number of carbonyl (C=O) groups is 1. The molecule has 0 spiro atoms. The fraction of sp³-hybridized carbons (Fsp3) is 0.294. The summed E-state index contributed by atoms with van der Waals surface area (Å²) in [6, 6.07) is 5.42. The molecule has 0 aliphatic heterocycles. The zero-order valence-corrected chi connectivity index (χ0v) is 13.3. The van der Waals surface area contributed by atoms with Crippen LogP contribution in [0.4, 0.5) is 0 Å². The first kappa shape index (κ1) is 14.6. The summed E-state index contributed by atoms with van der Waals surface area (Å²) in [4.78, 5) is 16.4. The van der Waals surface area contributed by atoms with E-state index in [1.165, 1.54) is 0 Å². The number of amides is 1. The number of nitrogens with one attached hydrogen (secondary N) is 1. The number of aryl methyl sites for hydroxylation is 1. The molecule has 0 saturated heterocycles. The molecule has 3 heterocycles. The molecule has 7 heteroatoms. The molecule has 3 aromatic heterocycles. The Kier molecular flexibility index (Phi) is 3.60. The van der Waals surface area contributed by atoms with Gasteiger partial charge in [0, 0.05) is 29.7 Å². The summed E-state index contributed by atoms with van der Waals surface area (Å²) < 4.78 is 6.96. The Hall–Kier alpha value is -2.96. The van der Waals surface area contributed by atoms with Crippen molar-refractivity contribution < 1.29 is 9.32 Å². The zero-order chi connectivity index (χ0) is 16.5. The van der Waals surface area contributed by atoms with Gasteiger partial charge in [-0.2, -0.15) is 5.10 Å². The summed E-state index contributed by atoms with van der Waals surface area (Å²) in [5, 5.41) is 11.3. The average Bonchev–Trinajstić information content (AvgIpc) is 3.22. The van der Waals surface area contributed by atoms with Crippen molar-refractivity contribution in [1.29, 1.82) is 0 Å². The van der Waals surface area contributed by atoms with Crippen molar-refractivity contribution in [1.82, 2.24) is 25.2 Å². The molecule has 3 aromatic rings. The molecule has 1 amide bonds. The maximum absolute atomic E-state index is 12.3. The van der Waals surface area contributed by atoms with Crippen LogP contribution < -0.4 is 5.32 Å². The number of hydrogen-bond donors (Lipinski definition) is 1. The molecule has 1 aliphatic rings. The van der Waals surface area contributed by atoms with E-state index >= 15 is 0 Å². The molecule has 0 aromatic carbocycles. The van der Waals surface area contributed by atoms with Crippen LogP contribution in [0.1, 0.15) is 46.4 Å². The quantitative estimate of drug-likeness (QED) is 0.800. The topological polar surface area (TPSA) is 85.8 Å². The highest BCUT2D eigenvalue weighted by atomic mass is 16.5. The Morgan fingerprint density at radius 2 is 2.21 bits per heavy atom. The fourth-order valence-corrected chi connectivity index (χ4v) is 3.11. The number of pyridine rings is 1. The van der Waals surface area contributed by atoms with E-state index in [-0.39, 0.29) is 17.7 Å². The largest absolute Gasteiger partial charge is 0.351 e. The lowest BCUT2D eigenvalue weighted by atomic mass is 9.93. The second kappa shape index (κ2) is 5.92. The van der Waals surface area contributed by atoms with Crippen molar-refractivity contribution in [3.8, 4) is 5.69 Å². The number of carbonyl (C=O) groups excluding carboxylic acids is 1. The first-order valence-corrected chi connectivity index (χ1v) is 7.94. The summed E-state index contributed by atoms with van der Waals surface area (Å²) in [5.41, 5.74) is 3.85. The Morgan fingerprint density at radius 3 is 2.96 bits per heavy atom. The SMILES string of the molecule is Cc1cc(C(=O)N[C@@H]2CCCc3c2cnn3-c2ccncc2)on1. The smallest absolute Gasteiger partial charge is 0.290 e. The normalized spacial score (nSPS) is 16.6. The Balaban J connectivity index is 1.61. The minimum Gasteiger partial charge on any atom is -0.351 e. The summed E-state index contributed by atoms with van der Waals surface area (Å²) >= 11 is 0. The van der Waals surface area contributed by atoms with Crippen molar-refractivity contribution in [3.63, 3.8) is 0 Å². The average molecular weight is 323 g/mol. The molecule has 1 aliphatic carbocycles. The summed E-state index contributed by atoms with van der Waals surface area (Å²) in [5.74, 6) is -0.00809. The predicted molar refractivity (Wildman–Crippen MR) is 85.7 cm³/mol. The van der Waals surface area contributed by atoms with Crippen LogP contribution in [0.15, 0.2) is 41.3 Å². The van der Waals surface area contributed by atoms with Crippen molar-refractivity contribution in [2.24, 2.45) is 0 Å². The van der Waals surface area contributed by atoms with Crippen LogP contribution >= 0.6 is 0 Å². The van der Waals surface area contributed by atoms with Gasteiger partial charge in [0.05, 0.1) is 23.6 Å². The molecule has 122 valence electrons. The minimum atomic E-state index is -0.245. The Morgan fingerprint density at radius 1 is 1.38 bits per heavy atom. The van der Waals surface area contributed by atoms with Crippen molar-refractivity contribution in [2.45, 2.75) is 32.2 Å². The van der Waals surface area contributed by atoms with Gasteiger partial charge >= 0.3 is 0 Å². The highest BCUT2D eigenvalue weighted by Crippen LogP contribution is 2.31. The molecule has 4 rings (SSSR count). The number of aromatic nitrogens is 4. The lowest BCUT2D eigenvalue weighted by Crippen LogP contribution is -2.30. The van der Waals surface area contributed by atoms with E-state index < -0.39 is 0 Å². The van der Waals surface area contributed by atoms with Crippen LogP contribution in [0.2, 0.25) is 0 Å². The highest BCUT2D eigenvalue weighted by Gasteiger charge is 2.27. The van der Waals surface area contributed by atoms with Gasteiger partial charge in [-0.05, 0) is 38.3 Å². The van der Waals surface area contributed by atoms with E-state index in [1.807, 2.05) is 23.0 Å². The number of rotatable bonds is 3. The summed E-state index contributed by atoms with van der Waals surface area (Å²) in [7, 11) is 0. The van der Waals surface area contributed by atoms with Crippen LogP contribution in [0.3, 0.4) is 0 Å². The number of nitrogens with zero attached hydrogens (tertiary/aromatic N) is 4. The molecular weight excluding hydrogens is 306 g/mol. The van der Waals surface area contributed by atoms with Crippen LogP contribution in [-0.2, 0) is 6.42 Å². The Labute approximate surface area is 138 Å². The van der Waals surface area contributed by atoms with Gasteiger partial charge in [-0.15, -0.1) is 0 Å². The van der Waals surface area contributed by atoms with Crippen LogP contribution in [0.25, 0.3) is 5.69 Å². The minimum absolute atomic E-state index is 0.0674. The van der Waals surface area contributed by atoms with E-state index in [4.69, 9.17) is 4.52 Å². The lowest BCUT2D eigenvalue weighted by molar-refractivity contribution is 0.0895. The van der Waals surface area contributed by atoms with Gasteiger partial charge in [0.25, 0.3) is 5.91 Å². The second-order valence-corrected chi connectivity index (χ2v) is 5.91. The molecule has 7 nitrogen and oxygen atoms in total. The predicted octanol–water partition coefficient (Wildman–Crippen LogP) is 2.37. The molecule has 1 atom stereocenters. The maximum Gasteiger partial charge on any atom is 0.290 e. The van der Waals surface area contributed by atoms with E-state index in [0.717, 1.165) is 36.2 Å². The first-order valence-electron chi connectivity index (χ1n) is 7.94. The van der Waals surface area contributed by atoms with E-state index in [0.29, 0.717) is 5.69 Å². The lowest BCUT2D eigenvalue weighted by Gasteiger charge is -2.23. The summed E-state index contributed by atoms with van der Waals surface area (Å²) in [6.07, 6.45) is 8.14. The van der Waals surface area contributed by atoms with Crippen LogP contribution in [0, 0.1) is 6.92 Å². The molecule has 0 unspecified atom stereocenters. The van der Waals surface area contributed by atoms with Crippen molar-refractivity contribution >= 4 is 5.91 Å². The van der Waals surface area contributed by atoms with Gasteiger partial charge in [-0.3, -0.25) is 9.78 Å². The zero-order valence-electron chi connectivity index (χ0n) is 13.3. The number of hydrogen-bond acceptors (Lipinski definition) is 5. The van der Waals surface area contributed by atoms with Gasteiger partial charge in [0.1, 0.15) is 0 Å². The van der Waals surface area contributed by atoms with Crippen LogP contribution in [-0.4, -0.2) is 25.8 Å². The molecule has 24 heavy (non-hydrogen) atoms. The Bertz CT molecular complexity index is 868. The molecule has 0 fully saturated rings. The number of fused-ring (bicyclic) bond motifs is 1. The van der Waals surface area contributed by atoms with Gasteiger partial charge in [0.15, 0.2) is 0 Å². The van der Waals surface area contributed by atoms with E-state index in [2.05, 4.69) is 20.6 Å². The van der Waals surface area contributed by atoms with Crippen molar-refractivity contribution in [3.05, 3.63) is 59.5 Å². The standard InChI is InChI=1S/C17H17N5O2/c1-11-9-16(24-21-11)17(23)20-14-3-2-4-15-13(14)10-19-22(15)12-5-7-18-8-6-12/h5-10,14H,2-4H2,1H3,(H,20,23)/t14-/m1/s1. The maximum atomic E-state index is 12.3. The molecule has 0 bridgehead atoms. The molecule has 0 radical (unpaired) electrons. The second-order valence-electron chi connectivity index (χ2n) is 5.91. The molecular formula is C17H17N5O2. The van der Waals surface area contributed by atoms with Crippen molar-refractivity contribution in [2.75, 3.05) is 0 Å². The molecule has 0 saturated carbocycles. The highest BCUT2D eigenvalue weighted by molar-refractivity contribution is 5.91. The first-order chi connectivity index (χ1) is 11.7. The monoisotopic (exact) mass is 323 g/mol. The molecule has 1 N–H and O–H groups in total. The van der Waals surface area contributed by atoms with E-state index in [9.17, 15) is 4.79 Å². The third-order valence-corrected chi connectivity index (χ3v) is 4.25. The third kappa shape index (κ3) is 2.58.